The van der Waals surface area contributed by atoms with Crippen molar-refractivity contribution in [3.05, 3.63) is 0 Å². The fourth-order valence-electron chi connectivity index (χ4n) is 2.44. The Hall–Kier alpha value is -0.770. The van der Waals surface area contributed by atoms with Crippen LogP contribution in [0.15, 0.2) is 0 Å². The van der Waals surface area contributed by atoms with E-state index in [2.05, 4.69) is 13.8 Å². The molecule has 1 aliphatic heterocycles. The summed E-state index contributed by atoms with van der Waals surface area (Å²) in [6.45, 7) is 10.5. The molecular weight excluding hydrogens is 216 g/mol. The highest BCUT2D eigenvalue weighted by Crippen LogP contribution is 2.35. The van der Waals surface area contributed by atoms with Crippen LogP contribution in [0.5, 0.6) is 0 Å². The Morgan fingerprint density at radius 3 is 2.53 bits per heavy atom. The van der Waals surface area contributed by atoms with E-state index in [1.807, 2.05) is 25.7 Å². The lowest BCUT2D eigenvalue weighted by Gasteiger charge is -2.37. The maximum Gasteiger partial charge on any atom is 0.410 e. The molecule has 0 radical (unpaired) electrons. The zero-order valence-corrected chi connectivity index (χ0v) is 11.7. The summed E-state index contributed by atoms with van der Waals surface area (Å²) in [6.07, 6.45) is 2.67. The zero-order chi connectivity index (χ0) is 13.3. The normalized spacial score (nSPS) is 23.9. The van der Waals surface area contributed by atoms with Gasteiger partial charge >= 0.3 is 6.09 Å². The Labute approximate surface area is 104 Å². The number of carbonyl (C=O) groups excluding carboxylic acids is 1. The second kappa shape index (κ2) is 4.84. The van der Waals surface area contributed by atoms with E-state index in [4.69, 9.17) is 10.5 Å². The largest absolute Gasteiger partial charge is 0.444 e. The number of carbonyl (C=O) groups is 1. The number of hydrogen-bond acceptors (Lipinski definition) is 3. The van der Waals surface area contributed by atoms with Crippen LogP contribution < -0.4 is 5.73 Å². The van der Waals surface area contributed by atoms with Crippen molar-refractivity contribution in [1.82, 2.24) is 4.90 Å². The number of nitrogens with zero attached hydrogens (tertiary/aromatic N) is 1. The smallest absolute Gasteiger partial charge is 0.410 e. The van der Waals surface area contributed by atoms with Gasteiger partial charge in [-0.05, 0) is 60.4 Å². The van der Waals surface area contributed by atoms with Crippen molar-refractivity contribution in [1.29, 1.82) is 0 Å². The molecule has 0 aromatic rings. The first-order valence-electron chi connectivity index (χ1n) is 6.40. The minimum atomic E-state index is -0.441. The molecule has 17 heavy (non-hydrogen) atoms. The van der Waals surface area contributed by atoms with Gasteiger partial charge < -0.3 is 15.4 Å². The zero-order valence-electron chi connectivity index (χ0n) is 11.7. The van der Waals surface area contributed by atoms with Gasteiger partial charge in [-0.2, -0.15) is 0 Å². The Kier molecular flexibility index (Phi) is 4.07. The number of amides is 1. The second-order valence-electron chi connectivity index (χ2n) is 6.43. The molecule has 1 unspecified atom stereocenters. The summed E-state index contributed by atoms with van der Waals surface area (Å²) in [5.74, 6) is 0. The molecule has 0 aromatic carbocycles. The van der Waals surface area contributed by atoms with Crippen LogP contribution in [-0.4, -0.2) is 34.7 Å². The molecule has 1 amide bonds. The van der Waals surface area contributed by atoms with E-state index in [0.29, 0.717) is 6.54 Å². The van der Waals surface area contributed by atoms with Crippen molar-refractivity contribution in [2.45, 2.75) is 71.1 Å². The summed E-state index contributed by atoms with van der Waals surface area (Å²) in [6, 6.07) is 0.227. The molecule has 0 saturated carbocycles. The molecule has 0 spiro atoms. The van der Waals surface area contributed by atoms with Crippen molar-refractivity contribution in [3.63, 3.8) is 0 Å². The van der Waals surface area contributed by atoms with Crippen LogP contribution in [-0.2, 0) is 4.74 Å². The van der Waals surface area contributed by atoms with E-state index < -0.39 is 5.60 Å². The van der Waals surface area contributed by atoms with E-state index in [1.165, 1.54) is 0 Å². The standard InChI is InChI=1S/C13H26N2O2/c1-12(2,3)17-11(16)15-10(7-9-14)6-8-13(15,4)5/h10H,6-9,14H2,1-5H3. The third-order valence-electron chi connectivity index (χ3n) is 3.20. The van der Waals surface area contributed by atoms with E-state index in [1.54, 1.807) is 0 Å². The van der Waals surface area contributed by atoms with Crippen LogP contribution in [0.25, 0.3) is 0 Å². The molecule has 0 aliphatic carbocycles. The van der Waals surface area contributed by atoms with Gasteiger partial charge in [-0.25, -0.2) is 4.79 Å². The van der Waals surface area contributed by atoms with Gasteiger partial charge in [0.1, 0.15) is 5.60 Å². The number of hydrogen-bond donors (Lipinski definition) is 1. The number of rotatable bonds is 2. The van der Waals surface area contributed by atoms with Gasteiger partial charge in [-0.3, -0.25) is 0 Å². The topological polar surface area (TPSA) is 55.6 Å². The summed E-state index contributed by atoms with van der Waals surface area (Å²) in [7, 11) is 0. The highest BCUT2D eigenvalue weighted by Gasteiger charge is 2.43. The van der Waals surface area contributed by atoms with Crippen LogP contribution in [0.2, 0.25) is 0 Å². The maximum atomic E-state index is 12.2. The third kappa shape index (κ3) is 3.60. The lowest BCUT2D eigenvalue weighted by molar-refractivity contribution is 0.00330. The maximum absolute atomic E-state index is 12.2. The summed E-state index contributed by atoms with van der Waals surface area (Å²) in [4.78, 5) is 14.1. The molecule has 100 valence electrons. The van der Waals surface area contributed by atoms with E-state index in [9.17, 15) is 4.79 Å². The lowest BCUT2D eigenvalue weighted by Crippen LogP contribution is -2.49. The summed E-state index contributed by atoms with van der Waals surface area (Å²) < 4.78 is 5.48. The Morgan fingerprint density at radius 1 is 1.47 bits per heavy atom. The average Bonchev–Trinajstić information content (AvgIpc) is 2.39. The summed E-state index contributed by atoms with van der Waals surface area (Å²) in [5.41, 5.74) is 5.04. The molecule has 1 aliphatic rings. The van der Waals surface area contributed by atoms with Gasteiger partial charge in [0.15, 0.2) is 0 Å². The minimum absolute atomic E-state index is 0.123. The fraction of sp³-hybridized carbons (Fsp3) is 0.923. The van der Waals surface area contributed by atoms with Crippen molar-refractivity contribution in [2.75, 3.05) is 6.54 Å². The molecule has 1 fully saturated rings. The monoisotopic (exact) mass is 242 g/mol. The van der Waals surface area contributed by atoms with Crippen molar-refractivity contribution in [3.8, 4) is 0 Å². The molecule has 1 atom stereocenters. The first-order valence-corrected chi connectivity index (χ1v) is 6.40. The molecule has 0 bridgehead atoms. The average molecular weight is 242 g/mol. The van der Waals surface area contributed by atoms with Gasteiger partial charge in [0.05, 0.1) is 0 Å². The van der Waals surface area contributed by atoms with Crippen molar-refractivity contribution in [2.24, 2.45) is 5.73 Å². The number of ether oxygens (including phenoxy) is 1. The Morgan fingerprint density at radius 2 is 2.06 bits per heavy atom. The quantitative estimate of drug-likeness (QED) is 0.809. The van der Waals surface area contributed by atoms with E-state index in [-0.39, 0.29) is 17.7 Å². The van der Waals surface area contributed by atoms with Crippen LogP contribution in [0.3, 0.4) is 0 Å². The molecule has 1 saturated heterocycles. The Bertz CT molecular complexity index is 282. The molecule has 1 rings (SSSR count). The summed E-state index contributed by atoms with van der Waals surface area (Å²) >= 11 is 0. The Balaban J connectivity index is 2.79. The molecule has 4 heteroatoms. The molecule has 0 aromatic heterocycles. The number of likely N-dealkylation sites (tertiary alicyclic amines) is 1. The van der Waals surface area contributed by atoms with Crippen molar-refractivity contribution < 1.29 is 9.53 Å². The van der Waals surface area contributed by atoms with Crippen molar-refractivity contribution >= 4 is 6.09 Å². The summed E-state index contributed by atoms with van der Waals surface area (Å²) in [5, 5.41) is 0. The van der Waals surface area contributed by atoms with Gasteiger partial charge in [0.25, 0.3) is 0 Å². The molecule has 4 nitrogen and oxygen atoms in total. The van der Waals surface area contributed by atoms with Gasteiger partial charge in [-0.1, -0.05) is 0 Å². The molecule has 1 heterocycles. The number of nitrogens with two attached hydrogens (primary N) is 1. The first-order chi connectivity index (χ1) is 7.67. The lowest BCUT2D eigenvalue weighted by atomic mass is 10.0. The molecule has 2 N–H and O–H groups in total. The van der Waals surface area contributed by atoms with E-state index in [0.717, 1.165) is 19.3 Å². The molecular formula is C13H26N2O2. The van der Waals surface area contributed by atoms with E-state index >= 15 is 0 Å². The van der Waals surface area contributed by atoms with Crippen LogP contribution in [0.1, 0.15) is 53.9 Å². The predicted molar refractivity (Wildman–Crippen MR) is 68.8 cm³/mol. The highest BCUT2D eigenvalue weighted by atomic mass is 16.6. The first kappa shape index (κ1) is 14.3. The van der Waals surface area contributed by atoms with Crippen LogP contribution in [0, 0.1) is 0 Å². The van der Waals surface area contributed by atoms with Crippen LogP contribution in [0.4, 0.5) is 4.79 Å². The fourth-order valence-corrected chi connectivity index (χ4v) is 2.44. The van der Waals surface area contributed by atoms with Gasteiger partial charge in [0, 0.05) is 11.6 Å². The predicted octanol–water partition coefficient (Wildman–Crippen LogP) is 2.51. The van der Waals surface area contributed by atoms with Gasteiger partial charge in [0.2, 0.25) is 0 Å². The highest BCUT2D eigenvalue weighted by molar-refractivity contribution is 5.70. The SMILES string of the molecule is CC(C)(C)OC(=O)N1C(CCN)CCC1(C)C. The third-order valence-corrected chi connectivity index (χ3v) is 3.20. The van der Waals surface area contributed by atoms with Gasteiger partial charge in [-0.15, -0.1) is 0 Å². The minimum Gasteiger partial charge on any atom is -0.444 e. The second-order valence-corrected chi connectivity index (χ2v) is 6.43. The van der Waals surface area contributed by atoms with Crippen LogP contribution >= 0.6 is 0 Å².